The monoisotopic (exact) mass is 407 g/mol. The summed E-state index contributed by atoms with van der Waals surface area (Å²) < 4.78 is 23.3. The first kappa shape index (κ1) is 17.3. The molecule has 0 radical (unpaired) electrons. The summed E-state index contributed by atoms with van der Waals surface area (Å²) in [6.45, 7) is 8.06. The third-order valence-electron chi connectivity index (χ3n) is 5.76. The van der Waals surface area contributed by atoms with Gasteiger partial charge in [0.2, 0.25) is 0 Å². The molecule has 0 bridgehead atoms. The lowest BCUT2D eigenvalue weighted by Crippen LogP contribution is -1.95. The summed E-state index contributed by atoms with van der Waals surface area (Å²) in [6, 6.07) is 22.4. The molecule has 2 heterocycles. The van der Waals surface area contributed by atoms with Crippen LogP contribution in [0, 0.1) is 19.8 Å². The highest BCUT2D eigenvalue weighted by atomic mass is 16.3. The number of rotatable bonds is 4. The van der Waals surface area contributed by atoms with Crippen LogP contribution in [0.15, 0.2) is 77.3 Å². The van der Waals surface area contributed by atoms with Crippen molar-refractivity contribution in [3.8, 4) is 22.4 Å². The van der Waals surface area contributed by atoms with Gasteiger partial charge in [0.1, 0.15) is 11.2 Å². The summed E-state index contributed by atoms with van der Waals surface area (Å²) in [4.78, 5) is 4.52. The lowest BCUT2D eigenvalue weighted by molar-refractivity contribution is 0.647. The molecule has 31 heavy (non-hydrogen) atoms. The molecule has 3 aromatic carbocycles. The molecule has 154 valence electrons. The molecule has 2 aromatic heterocycles. The number of nitrogens with zero attached hydrogens (tertiary/aromatic N) is 1. The molecular weight excluding hydrogens is 378 g/mol. The molecule has 0 fully saturated rings. The van der Waals surface area contributed by atoms with Crippen molar-refractivity contribution in [2.45, 2.75) is 34.1 Å². The zero-order chi connectivity index (χ0) is 23.3. The first-order valence-electron chi connectivity index (χ1n) is 11.8. The van der Waals surface area contributed by atoms with Crippen LogP contribution in [0.4, 0.5) is 0 Å². The fourth-order valence-corrected chi connectivity index (χ4v) is 4.41. The Morgan fingerprint density at radius 2 is 1.68 bits per heavy atom. The third-order valence-corrected chi connectivity index (χ3v) is 5.76. The van der Waals surface area contributed by atoms with Gasteiger partial charge in [-0.2, -0.15) is 0 Å². The van der Waals surface area contributed by atoms with Crippen LogP contribution in [0.25, 0.3) is 44.3 Å². The second-order valence-electron chi connectivity index (χ2n) is 8.49. The Morgan fingerprint density at radius 1 is 0.903 bits per heavy atom. The van der Waals surface area contributed by atoms with Crippen LogP contribution in [0.5, 0.6) is 0 Å². The van der Waals surface area contributed by atoms with Crippen molar-refractivity contribution < 1.29 is 7.16 Å². The average Bonchev–Trinajstić information content (AvgIpc) is 3.17. The summed E-state index contributed by atoms with van der Waals surface area (Å²) in [5.74, 6) is -0.131. The molecule has 0 spiro atoms. The molecule has 0 N–H and O–H groups in total. The molecular formula is C29H27NO. The number of aryl methyl sites for hydroxylation is 2. The van der Waals surface area contributed by atoms with Crippen LogP contribution in [0.3, 0.4) is 0 Å². The maximum Gasteiger partial charge on any atom is 0.143 e. The van der Waals surface area contributed by atoms with Gasteiger partial charge in [0.25, 0.3) is 0 Å². The molecule has 5 rings (SSSR count). The summed E-state index contributed by atoms with van der Waals surface area (Å²) in [5.41, 5.74) is 8.77. The van der Waals surface area contributed by atoms with Crippen molar-refractivity contribution in [3.63, 3.8) is 0 Å². The van der Waals surface area contributed by atoms with E-state index in [4.69, 9.17) is 7.16 Å². The molecule has 0 aliphatic heterocycles. The van der Waals surface area contributed by atoms with Gasteiger partial charge in [0, 0.05) is 30.8 Å². The molecule has 2 heteroatoms. The summed E-state index contributed by atoms with van der Waals surface area (Å²) in [5, 5.41) is 2.16. The highest BCUT2D eigenvalue weighted by Crippen LogP contribution is 2.39. The van der Waals surface area contributed by atoms with Crippen molar-refractivity contribution in [2.24, 2.45) is 5.92 Å². The summed E-state index contributed by atoms with van der Waals surface area (Å²) >= 11 is 0. The van der Waals surface area contributed by atoms with Crippen LogP contribution in [-0.2, 0) is 6.37 Å². The normalized spacial score (nSPS) is 13.1. The van der Waals surface area contributed by atoms with Gasteiger partial charge in [-0.25, -0.2) is 0 Å². The van der Waals surface area contributed by atoms with Crippen LogP contribution in [0.1, 0.15) is 33.3 Å². The SMILES string of the molecule is [2H]C([2H])(c1ccnc(-c2ccc3c(c2)oc2c(-c4c(C)cccc4C)cccc23)c1)C(C)C. The van der Waals surface area contributed by atoms with Crippen molar-refractivity contribution in [1.82, 2.24) is 4.98 Å². The summed E-state index contributed by atoms with van der Waals surface area (Å²) in [6.07, 6.45) is 0.272. The number of fused-ring (bicyclic) bond motifs is 3. The van der Waals surface area contributed by atoms with E-state index in [1.54, 1.807) is 12.3 Å². The van der Waals surface area contributed by atoms with Gasteiger partial charge >= 0.3 is 0 Å². The number of para-hydroxylation sites is 1. The first-order valence-corrected chi connectivity index (χ1v) is 10.8. The van der Waals surface area contributed by atoms with Gasteiger partial charge in [-0.05, 0) is 72.7 Å². The molecule has 0 unspecified atom stereocenters. The predicted octanol–water partition coefficient (Wildman–Crippen LogP) is 8.13. The minimum Gasteiger partial charge on any atom is -0.455 e. The minimum absolute atomic E-state index is 0.131. The number of pyridine rings is 1. The lowest BCUT2D eigenvalue weighted by atomic mass is 9.94. The summed E-state index contributed by atoms with van der Waals surface area (Å²) in [7, 11) is 0. The molecule has 0 saturated carbocycles. The van der Waals surface area contributed by atoms with Gasteiger partial charge in [-0.1, -0.05) is 56.3 Å². The number of aromatic nitrogens is 1. The van der Waals surface area contributed by atoms with Crippen LogP contribution < -0.4 is 0 Å². The quantitative estimate of drug-likeness (QED) is 0.300. The van der Waals surface area contributed by atoms with Crippen LogP contribution in [-0.4, -0.2) is 4.98 Å². The van der Waals surface area contributed by atoms with Gasteiger partial charge in [0.05, 0.1) is 5.69 Å². The fourth-order valence-electron chi connectivity index (χ4n) is 4.41. The Bertz CT molecular complexity index is 1480. The zero-order valence-corrected chi connectivity index (χ0v) is 18.4. The highest BCUT2D eigenvalue weighted by molar-refractivity contribution is 6.10. The number of furan rings is 1. The van der Waals surface area contributed by atoms with Gasteiger partial charge in [-0.15, -0.1) is 0 Å². The van der Waals surface area contributed by atoms with E-state index in [1.807, 2.05) is 32.0 Å². The molecule has 0 atom stereocenters. The molecule has 2 nitrogen and oxygen atoms in total. The standard InChI is InChI=1S/C29H27NO/c1-18(2)15-21-13-14-30-26(16-21)22-11-12-23-24-9-6-10-25(29(24)31-27(23)17-22)28-19(3)7-5-8-20(28)4/h5-14,16-18H,15H2,1-4H3/i15D2. The van der Waals surface area contributed by atoms with E-state index >= 15 is 0 Å². The maximum absolute atomic E-state index is 8.45. The number of hydrogen-bond acceptors (Lipinski definition) is 2. The van der Waals surface area contributed by atoms with Crippen molar-refractivity contribution in [2.75, 3.05) is 0 Å². The second kappa shape index (κ2) is 7.70. The number of benzene rings is 3. The molecule has 0 aliphatic rings. The lowest BCUT2D eigenvalue weighted by Gasteiger charge is -2.10. The topological polar surface area (TPSA) is 26.0 Å². The second-order valence-corrected chi connectivity index (χ2v) is 8.49. The molecule has 5 aromatic rings. The van der Waals surface area contributed by atoms with Crippen molar-refractivity contribution >= 4 is 21.9 Å². The Morgan fingerprint density at radius 3 is 2.45 bits per heavy atom. The van der Waals surface area contributed by atoms with E-state index in [1.165, 1.54) is 16.7 Å². The van der Waals surface area contributed by atoms with E-state index in [9.17, 15) is 0 Å². The highest BCUT2D eigenvalue weighted by Gasteiger charge is 2.15. The van der Waals surface area contributed by atoms with E-state index < -0.39 is 6.37 Å². The van der Waals surface area contributed by atoms with Crippen LogP contribution in [0.2, 0.25) is 0 Å². The van der Waals surface area contributed by atoms with E-state index in [2.05, 4.69) is 61.3 Å². The van der Waals surface area contributed by atoms with Crippen molar-refractivity contribution in [3.05, 3.63) is 89.6 Å². The van der Waals surface area contributed by atoms with E-state index in [-0.39, 0.29) is 5.92 Å². The van der Waals surface area contributed by atoms with Crippen LogP contribution >= 0.6 is 0 Å². The Hall–Kier alpha value is -3.39. The third kappa shape index (κ3) is 3.53. The Kier molecular flexibility index (Phi) is 4.30. The van der Waals surface area contributed by atoms with Crippen molar-refractivity contribution in [1.29, 1.82) is 0 Å². The van der Waals surface area contributed by atoms with Gasteiger partial charge < -0.3 is 4.42 Å². The van der Waals surface area contributed by atoms with Gasteiger partial charge in [-0.3, -0.25) is 4.98 Å². The predicted molar refractivity (Wildman–Crippen MR) is 130 cm³/mol. The van der Waals surface area contributed by atoms with E-state index in [0.717, 1.165) is 38.8 Å². The largest absolute Gasteiger partial charge is 0.455 e. The molecule has 0 saturated heterocycles. The van der Waals surface area contributed by atoms with E-state index in [0.29, 0.717) is 5.56 Å². The zero-order valence-electron chi connectivity index (χ0n) is 20.4. The average molecular weight is 408 g/mol. The number of hydrogen-bond donors (Lipinski definition) is 0. The first-order chi connectivity index (χ1) is 15.8. The minimum atomic E-state index is -1.42. The molecule has 0 aliphatic carbocycles. The Labute approximate surface area is 186 Å². The smallest absolute Gasteiger partial charge is 0.143 e. The fraction of sp³-hybridized carbons (Fsp3) is 0.207. The Balaban J connectivity index is 1.67. The molecule has 0 amide bonds. The van der Waals surface area contributed by atoms with Gasteiger partial charge in [0.15, 0.2) is 0 Å². The maximum atomic E-state index is 8.45.